The molecule has 0 rings (SSSR count). The third-order valence-corrected chi connectivity index (χ3v) is 3.42. The molecule has 126 valence electrons. The molecule has 0 N–H and O–H groups in total. The summed E-state index contributed by atoms with van der Waals surface area (Å²) in [5, 5.41) is 0. The van der Waals surface area contributed by atoms with Gasteiger partial charge < -0.3 is 0 Å². The number of halogens is 5. The van der Waals surface area contributed by atoms with Crippen molar-refractivity contribution < 1.29 is 26.7 Å². The van der Waals surface area contributed by atoms with E-state index in [1.807, 2.05) is 0 Å². The van der Waals surface area contributed by atoms with Gasteiger partial charge in [-0.2, -0.15) is 22.0 Å². The van der Waals surface area contributed by atoms with E-state index >= 15 is 0 Å². The van der Waals surface area contributed by atoms with E-state index in [2.05, 4.69) is 6.92 Å². The first kappa shape index (κ1) is 20.3. The Bertz CT molecular complexity index is 286. The molecule has 0 fully saturated rings. The maximum Gasteiger partial charge on any atom is 0.453 e. The summed E-state index contributed by atoms with van der Waals surface area (Å²) in [6, 6.07) is 0. The largest absolute Gasteiger partial charge is 0.453 e. The SMILES string of the molecule is CCCCCC(=O)CCCCCCCC(F)(F)C(F)(F)F. The van der Waals surface area contributed by atoms with Crippen LogP contribution < -0.4 is 0 Å². The van der Waals surface area contributed by atoms with Crippen molar-refractivity contribution >= 4 is 5.78 Å². The van der Waals surface area contributed by atoms with Crippen LogP contribution in [-0.2, 0) is 4.79 Å². The molecule has 0 aliphatic carbocycles. The lowest BCUT2D eigenvalue weighted by Gasteiger charge is -2.19. The van der Waals surface area contributed by atoms with Crippen molar-refractivity contribution in [2.45, 2.75) is 89.7 Å². The van der Waals surface area contributed by atoms with Crippen LogP contribution in [-0.4, -0.2) is 17.9 Å². The van der Waals surface area contributed by atoms with Gasteiger partial charge >= 0.3 is 12.1 Å². The molecule has 1 nitrogen and oxygen atoms in total. The molecule has 0 bridgehead atoms. The van der Waals surface area contributed by atoms with Crippen molar-refractivity contribution in [1.82, 2.24) is 0 Å². The number of hydrogen-bond acceptors (Lipinski definition) is 1. The minimum Gasteiger partial charge on any atom is -0.300 e. The van der Waals surface area contributed by atoms with E-state index < -0.39 is 18.5 Å². The second kappa shape index (κ2) is 10.1. The highest BCUT2D eigenvalue weighted by molar-refractivity contribution is 5.78. The molecule has 0 saturated carbocycles. The zero-order valence-corrected chi connectivity index (χ0v) is 12.6. The highest BCUT2D eigenvalue weighted by Crippen LogP contribution is 2.39. The number of rotatable bonds is 12. The summed E-state index contributed by atoms with van der Waals surface area (Å²) in [7, 11) is 0. The Morgan fingerprint density at radius 2 is 1.24 bits per heavy atom. The summed E-state index contributed by atoms with van der Waals surface area (Å²) < 4.78 is 60.9. The first-order valence-electron chi connectivity index (χ1n) is 7.67. The van der Waals surface area contributed by atoms with Crippen LogP contribution in [0.5, 0.6) is 0 Å². The fourth-order valence-electron chi connectivity index (χ4n) is 2.04. The summed E-state index contributed by atoms with van der Waals surface area (Å²) in [5.74, 6) is -4.37. The Morgan fingerprint density at radius 1 is 0.762 bits per heavy atom. The molecule has 0 aromatic carbocycles. The molecule has 0 heterocycles. The van der Waals surface area contributed by atoms with E-state index in [0.29, 0.717) is 38.5 Å². The second-order valence-electron chi connectivity index (χ2n) is 5.47. The van der Waals surface area contributed by atoms with Gasteiger partial charge in [-0.25, -0.2) is 0 Å². The van der Waals surface area contributed by atoms with Gasteiger partial charge in [0.05, 0.1) is 0 Å². The Balaban J connectivity index is 3.51. The van der Waals surface area contributed by atoms with Crippen molar-refractivity contribution in [1.29, 1.82) is 0 Å². The molecule has 21 heavy (non-hydrogen) atoms. The lowest BCUT2D eigenvalue weighted by atomic mass is 10.0. The summed E-state index contributed by atoms with van der Waals surface area (Å²) in [6.07, 6.45) is -0.310. The third kappa shape index (κ3) is 9.80. The monoisotopic (exact) mass is 316 g/mol. The molecule has 0 aromatic rings. The van der Waals surface area contributed by atoms with Crippen LogP contribution in [0.4, 0.5) is 22.0 Å². The number of hydrogen-bond donors (Lipinski definition) is 0. The van der Waals surface area contributed by atoms with E-state index in [9.17, 15) is 26.7 Å². The molecular formula is C15H25F5O. The fourth-order valence-corrected chi connectivity index (χ4v) is 2.04. The summed E-state index contributed by atoms with van der Waals surface area (Å²) in [6.45, 7) is 2.06. The Kier molecular flexibility index (Phi) is 9.79. The van der Waals surface area contributed by atoms with Gasteiger partial charge in [-0.3, -0.25) is 4.79 Å². The van der Waals surface area contributed by atoms with Gasteiger partial charge in [-0.05, 0) is 19.3 Å². The maximum atomic E-state index is 12.6. The molecule has 0 saturated heterocycles. The van der Waals surface area contributed by atoms with Crippen LogP contribution in [0, 0.1) is 0 Å². The normalized spacial score (nSPS) is 12.7. The topological polar surface area (TPSA) is 17.1 Å². The highest BCUT2D eigenvalue weighted by Gasteiger charge is 2.56. The van der Waals surface area contributed by atoms with Crippen LogP contribution >= 0.6 is 0 Å². The predicted octanol–water partition coefficient (Wildman–Crippen LogP) is 6.06. The third-order valence-electron chi connectivity index (χ3n) is 3.42. The number of unbranched alkanes of at least 4 members (excludes halogenated alkanes) is 6. The smallest absolute Gasteiger partial charge is 0.300 e. The second-order valence-corrected chi connectivity index (χ2v) is 5.47. The minimum atomic E-state index is -5.45. The molecule has 0 unspecified atom stereocenters. The summed E-state index contributed by atoms with van der Waals surface area (Å²) in [4.78, 5) is 11.4. The standard InChI is InChI=1S/C15H25F5O/c1-2-3-7-10-13(21)11-8-5-4-6-9-12-14(16,17)15(18,19)20/h2-12H2,1H3. The Morgan fingerprint density at radius 3 is 1.76 bits per heavy atom. The highest BCUT2D eigenvalue weighted by atomic mass is 19.4. The average molecular weight is 316 g/mol. The van der Waals surface area contributed by atoms with Crippen LogP contribution in [0.2, 0.25) is 0 Å². The van der Waals surface area contributed by atoms with E-state index in [4.69, 9.17) is 0 Å². The zero-order valence-electron chi connectivity index (χ0n) is 12.6. The van der Waals surface area contributed by atoms with Crippen molar-refractivity contribution in [3.63, 3.8) is 0 Å². The summed E-state index contributed by atoms with van der Waals surface area (Å²) in [5.41, 5.74) is 0. The van der Waals surface area contributed by atoms with E-state index in [0.717, 1.165) is 19.3 Å². The number of alkyl halides is 5. The van der Waals surface area contributed by atoms with Crippen molar-refractivity contribution in [3.05, 3.63) is 0 Å². The lowest BCUT2D eigenvalue weighted by Crippen LogP contribution is -2.36. The number of ketones is 1. The van der Waals surface area contributed by atoms with Crippen molar-refractivity contribution in [2.24, 2.45) is 0 Å². The molecule has 0 atom stereocenters. The number of carbonyl (C=O) groups is 1. The molecular weight excluding hydrogens is 291 g/mol. The van der Waals surface area contributed by atoms with Gasteiger partial charge in [0.25, 0.3) is 0 Å². The lowest BCUT2D eigenvalue weighted by molar-refractivity contribution is -0.284. The molecule has 0 spiro atoms. The minimum absolute atomic E-state index is 0.142. The summed E-state index contributed by atoms with van der Waals surface area (Å²) >= 11 is 0. The van der Waals surface area contributed by atoms with Gasteiger partial charge in [-0.1, -0.05) is 39.0 Å². The van der Waals surface area contributed by atoms with Crippen molar-refractivity contribution in [2.75, 3.05) is 0 Å². The van der Waals surface area contributed by atoms with E-state index in [1.165, 1.54) is 0 Å². The van der Waals surface area contributed by atoms with Crippen LogP contribution in [0.25, 0.3) is 0 Å². The van der Waals surface area contributed by atoms with Crippen LogP contribution in [0.15, 0.2) is 0 Å². The van der Waals surface area contributed by atoms with Gasteiger partial charge in [0.2, 0.25) is 0 Å². The molecule has 0 aromatic heterocycles. The Hall–Kier alpha value is -0.680. The van der Waals surface area contributed by atoms with Gasteiger partial charge in [-0.15, -0.1) is 0 Å². The average Bonchev–Trinajstić information content (AvgIpc) is 2.36. The first-order valence-corrected chi connectivity index (χ1v) is 7.67. The molecule has 0 radical (unpaired) electrons. The first-order chi connectivity index (χ1) is 9.70. The predicted molar refractivity (Wildman–Crippen MR) is 72.5 cm³/mol. The zero-order chi connectivity index (χ0) is 16.4. The van der Waals surface area contributed by atoms with E-state index in [-0.39, 0.29) is 12.2 Å². The fraction of sp³-hybridized carbons (Fsp3) is 0.933. The quantitative estimate of drug-likeness (QED) is 0.316. The molecule has 6 heteroatoms. The number of Topliss-reactive ketones (excluding diaryl/α,β-unsaturated/α-hetero) is 1. The van der Waals surface area contributed by atoms with Crippen LogP contribution in [0.3, 0.4) is 0 Å². The van der Waals surface area contributed by atoms with Gasteiger partial charge in [0.1, 0.15) is 5.78 Å². The van der Waals surface area contributed by atoms with E-state index in [1.54, 1.807) is 0 Å². The molecule has 0 amide bonds. The number of carbonyl (C=O) groups excluding carboxylic acids is 1. The van der Waals surface area contributed by atoms with Gasteiger partial charge in [0.15, 0.2) is 0 Å². The molecule has 0 aliphatic rings. The van der Waals surface area contributed by atoms with Crippen molar-refractivity contribution in [3.8, 4) is 0 Å². The molecule has 0 aliphatic heterocycles. The Labute approximate surface area is 123 Å². The van der Waals surface area contributed by atoms with Gasteiger partial charge in [0, 0.05) is 19.3 Å². The van der Waals surface area contributed by atoms with Crippen LogP contribution in [0.1, 0.15) is 77.6 Å². The maximum absolute atomic E-state index is 12.6.